The number of ether oxygens (including phenoxy) is 1. The van der Waals surface area contributed by atoms with E-state index in [9.17, 15) is 9.59 Å². The number of hydrogen-bond acceptors (Lipinski definition) is 5. The molecule has 3 N–H and O–H groups in total. The van der Waals surface area contributed by atoms with Crippen LogP contribution in [0.3, 0.4) is 0 Å². The number of nitrogens with two attached hydrogens (primary N) is 1. The van der Waals surface area contributed by atoms with Crippen LogP contribution in [0.2, 0.25) is 0 Å². The van der Waals surface area contributed by atoms with Crippen molar-refractivity contribution in [3.63, 3.8) is 0 Å². The smallest absolute Gasteiger partial charge is 0.255 e. The number of carbonyl (C=O) groups excluding carboxylic acids is 2. The molecule has 1 aromatic carbocycles. The summed E-state index contributed by atoms with van der Waals surface area (Å²) >= 11 is 1.54. The zero-order valence-corrected chi connectivity index (χ0v) is 13.9. The van der Waals surface area contributed by atoms with E-state index in [1.54, 1.807) is 42.6 Å². The summed E-state index contributed by atoms with van der Waals surface area (Å²) in [5, 5.41) is 3.62. The summed E-state index contributed by atoms with van der Waals surface area (Å²) in [6, 6.07) is 10.6. The molecule has 0 saturated heterocycles. The number of aromatic nitrogens is 1. The third kappa shape index (κ3) is 5.77. The van der Waals surface area contributed by atoms with Gasteiger partial charge in [-0.2, -0.15) is 0 Å². The molecule has 0 aliphatic carbocycles. The van der Waals surface area contributed by atoms with Crippen LogP contribution in [0, 0.1) is 0 Å². The lowest BCUT2D eigenvalue weighted by molar-refractivity contribution is -0.120. The van der Waals surface area contributed by atoms with Gasteiger partial charge in [0.2, 0.25) is 5.91 Å². The number of anilines is 1. The predicted molar refractivity (Wildman–Crippen MR) is 94.8 cm³/mol. The van der Waals surface area contributed by atoms with Gasteiger partial charge in [0.1, 0.15) is 5.75 Å². The van der Waals surface area contributed by atoms with Gasteiger partial charge in [0.15, 0.2) is 6.61 Å². The molecule has 6 nitrogen and oxygen atoms in total. The van der Waals surface area contributed by atoms with Crippen LogP contribution in [0.5, 0.6) is 5.75 Å². The van der Waals surface area contributed by atoms with E-state index in [1.165, 1.54) is 17.8 Å². The van der Waals surface area contributed by atoms with Crippen molar-refractivity contribution in [2.24, 2.45) is 5.73 Å². The second kappa shape index (κ2) is 8.73. The number of benzene rings is 1. The second-order valence-corrected chi connectivity index (χ2v) is 5.56. The Kier molecular flexibility index (Phi) is 6.39. The molecule has 1 heterocycles. The predicted octanol–water partition coefficient (Wildman–Crippen LogP) is 2.32. The molecule has 0 radical (unpaired) electrons. The zero-order valence-electron chi connectivity index (χ0n) is 13.1. The maximum Gasteiger partial charge on any atom is 0.255 e. The number of nitrogens with one attached hydrogen (secondary N) is 1. The highest BCUT2D eigenvalue weighted by atomic mass is 32.2. The Morgan fingerprint density at radius 1 is 1.25 bits per heavy atom. The molecule has 0 fully saturated rings. The van der Waals surface area contributed by atoms with Crippen molar-refractivity contribution in [1.82, 2.24) is 4.98 Å². The molecule has 7 heteroatoms. The van der Waals surface area contributed by atoms with E-state index in [2.05, 4.69) is 10.3 Å². The van der Waals surface area contributed by atoms with Crippen LogP contribution < -0.4 is 15.8 Å². The molecule has 0 aliphatic heterocycles. The van der Waals surface area contributed by atoms with Crippen molar-refractivity contribution in [2.75, 3.05) is 18.2 Å². The third-order valence-corrected chi connectivity index (χ3v) is 3.56. The van der Waals surface area contributed by atoms with Gasteiger partial charge in [0.25, 0.3) is 5.91 Å². The molecular weight excluding hydrogens is 326 g/mol. The Labute approximate surface area is 144 Å². The first-order chi connectivity index (χ1) is 11.6. The highest BCUT2D eigenvalue weighted by Gasteiger charge is 2.00. The van der Waals surface area contributed by atoms with Gasteiger partial charge in [-0.3, -0.25) is 9.59 Å². The van der Waals surface area contributed by atoms with Gasteiger partial charge in [-0.25, -0.2) is 4.98 Å². The Bertz CT molecular complexity index is 728. The summed E-state index contributed by atoms with van der Waals surface area (Å²) in [6.45, 7) is -0.166. The highest BCUT2D eigenvalue weighted by molar-refractivity contribution is 7.98. The van der Waals surface area contributed by atoms with Crippen LogP contribution in [0.25, 0.3) is 6.08 Å². The van der Waals surface area contributed by atoms with E-state index >= 15 is 0 Å². The van der Waals surface area contributed by atoms with Crippen LogP contribution in [0.1, 0.15) is 5.56 Å². The number of pyridine rings is 1. The highest BCUT2D eigenvalue weighted by Crippen LogP contribution is 2.15. The van der Waals surface area contributed by atoms with Gasteiger partial charge < -0.3 is 15.8 Å². The van der Waals surface area contributed by atoms with Crippen LogP contribution in [0.15, 0.2) is 53.7 Å². The van der Waals surface area contributed by atoms with E-state index in [0.717, 1.165) is 10.6 Å². The quantitative estimate of drug-likeness (QED) is 0.594. The number of thioether (sulfide) groups is 1. The number of nitrogens with zero attached hydrogens (tertiary/aromatic N) is 1. The monoisotopic (exact) mass is 343 g/mol. The number of primary amides is 1. The van der Waals surface area contributed by atoms with Crippen molar-refractivity contribution < 1.29 is 14.3 Å². The van der Waals surface area contributed by atoms with Gasteiger partial charge in [0, 0.05) is 6.08 Å². The fraction of sp³-hybridized carbons (Fsp3) is 0.118. The average Bonchev–Trinajstić information content (AvgIpc) is 2.59. The van der Waals surface area contributed by atoms with Crippen molar-refractivity contribution in [1.29, 1.82) is 0 Å². The molecule has 1 aromatic heterocycles. The van der Waals surface area contributed by atoms with Crippen molar-refractivity contribution in [2.45, 2.75) is 5.03 Å². The largest absolute Gasteiger partial charge is 0.484 e. The van der Waals surface area contributed by atoms with Gasteiger partial charge in [-0.1, -0.05) is 12.1 Å². The summed E-state index contributed by atoms with van der Waals surface area (Å²) in [6.07, 6.45) is 6.66. The maximum atomic E-state index is 11.9. The van der Waals surface area contributed by atoms with Crippen LogP contribution in [0.4, 0.5) is 5.69 Å². The first-order valence-corrected chi connectivity index (χ1v) is 8.29. The molecule has 24 heavy (non-hydrogen) atoms. The first-order valence-electron chi connectivity index (χ1n) is 7.07. The zero-order chi connectivity index (χ0) is 17.4. The Morgan fingerprint density at radius 3 is 2.58 bits per heavy atom. The fourth-order valence-electron chi connectivity index (χ4n) is 1.76. The molecule has 2 amide bonds. The molecule has 124 valence electrons. The summed E-state index contributed by atoms with van der Waals surface area (Å²) in [5.74, 6) is -0.242. The van der Waals surface area contributed by atoms with Crippen LogP contribution in [-0.4, -0.2) is 29.7 Å². The Balaban J connectivity index is 1.89. The third-order valence-electron chi connectivity index (χ3n) is 2.90. The maximum absolute atomic E-state index is 11.9. The van der Waals surface area contributed by atoms with Crippen molar-refractivity contribution >= 4 is 35.3 Å². The average molecular weight is 343 g/mol. The van der Waals surface area contributed by atoms with Crippen molar-refractivity contribution in [3.8, 4) is 5.75 Å². The first kappa shape index (κ1) is 17.6. The molecule has 2 rings (SSSR count). The number of hydrogen-bond donors (Lipinski definition) is 2. The van der Waals surface area contributed by atoms with E-state index in [-0.39, 0.29) is 12.5 Å². The summed E-state index contributed by atoms with van der Waals surface area (Å²) in [7, 11) is 0. The molecule has 0 spiro atoms. The summed E-state index contributed by atoms with van der Waals surface area (Å²) < 4.78 is 5.16. The molecule has 0 saturated carbocycles. The number of carbonyl (C=O) groups is 2. The molecular formula is C17H17N3O3S. The van der Waals surface area contributed by atoms with Crippen LogP contribution >= 0.6 is 11.8 Å². The minimum atomic E-state index is -0.532. The van der Waals surface area contributed by atoms with Crippen LogP contribution in [-0.2, 0) is 9.59 Å². The number of amides is 2. The van der Waals surface area contributed by atoms with Gasteiger partial charge in [0.05, 0.1) is 16.9 Å². The molecule has 0 aliphatic rings. The lowest BCUT2D eigenvalue weighted by Gasteiger charge is -2.04. The van der Waals surface area contributed by atoms with Gasteiger partial charge >= 0.3 is 0 Å². The second-order valence-electron chi connectivity index (χ2n) is 4.74. The molecule has 0 bridgehead atoms. The van der Waals surface area contributed by atoms with E-state index in [1.807, 2.05) is 12.3 Å². The lowest BCUT2D eigenvalue weighted by Crippen LogP contribution is -2.19. The Hall–Kier alpha value is -2.80. The van der Waals surface area contributed by atoms with Gasteiger partial charge in [-0.05, 0) is 42.2 Å². The van der Waals surface area contributed by atoms with E-state index < -0.39 is 5.91 Å². The van der Waals surface area contributed by atoms with Crippen molar-refractivity contribution in [3.05, 3.63) is 54.2 Å². The van der Waals surface area contributed by atoms with E-state index in [4.69, 9.17) is 10.5 Å². The fourth-order valence-corrected chi connectivity index (χ4v) is 2.12. The molecule has 2 aromatic rings. The lowest BCUT2D eigenvalue weighted by atomic mass is 10.2. The van der Waals surface area contributed by atoms with E-state index in [0.29, 0.717) is 11.4 Å². The minimum Gasteiger partial charge on any atom is -0.484 e. The standard InChI is InChI=1S/C17H17N3O3S/c1-24-17-9-5-13(10-19-17)20-16(22)8-4-12-2-6-14(7-3-12)23-11-15(18)21/h2-10H,11H2,1H3,(H2,18,21)(H,20,22)/b8-4-. The summed E-state index contributed by atoms with van der Waals surface area (Å²) in [4.78, 5) is 26.7. The van der Waals surface area contributed by atoms with Gasteiger partial charge in [-0.15, -0.1) is 11.8 Å². The minimum absolute atomic E-state index is 0.166. The molecule has 0 unspecified atom stereocenters. The summed E-state index contributed by atoms with van der Waals surface area (Å²) in [5.41, 5.74) is 6.47. The number of rotatable bonds is 7. The normalized spacial score (nSPS) is 10.5. The Morgan fingerprint density at radius 2 is 2.00 bits per heavy atom. The molecule has 0 atom stereocenters. The topological polar surface area (TPSA) is 94.3 Å². The SMILES string of the molecule is CSc1ccc(NC(=O)/C=C\c2ccc(OCC(N)=O)cc2)cn1.